The highest BCUT2D eigenvalue weighted by Crippen LogP contribution is 2.10. The summed E-state index contributed by atoms with van der Waals surface area (Å²) in [4.78, 5) is 23.0. The van der Waals surface area contributed by atoms with Crippen LogP contribution in [0.5, 0.6) is 0 Å². The summed E-state index contributed by atoms with van der Waals surface area (Å²) < 4.78 is 18.3. The van der Waals surface area contributed by atoms with Crippen molar-refractivity contribution in [1.82, 2.24) is 5.12 Å². The number of benzene rings is 1. The molecule has 18 heavy (non-hydrogen) atoms. The van der Waals surface area contributed by atoms with Crippen LogP contribution in [0.2, 0.25) is 0 Å². The van der Waals surface area contributed by atoms with Crippen LogP contribution in [0.1, 0.15) is 17.3 Å². The number of carbonyl (C=O) groups excluding carboxylic acids is 2. The van der Waals surface area contributed by atoms with Crippen LogP contribution in [0.3, 0.4) is 0 Å². The predicted molar refractivity (Wildman–Crippen MR) is 61.2 cm³/mol. The molecule has 6 heteroatoms. The van der Waals surface area contributed by atoms with Crippen LogP contribution in [-0.4, -0.2) is 41.4 Å². The maximum atomic E-state index is 13.7. The molecule has 1 rings (SSSR count). The van der Waals surface area contributed by atoms with Gasteiger partial charge in [-0.3, -0.25) is 4.79 Å². The molecule has 0 aliphatic rings. The van der Waals surface area contributed by atoms with E-state index in [-0.39, 0.29) is 17.3 Å². The fourth-order valence-corrected chi connectivity index (χ4v) is 1.32. The Morgan fingerprint density at radius 2 is 2.00 bits per heavy atom. The zero-order chi connectivity index (χ0) is 13.5. The number of hydrogen-bond donors (Lipinski definition) is 1. The van der Waals surface area contributed by atoms with E-state index in [2.05, 4.69) is 4.74 Å². The number of nitrogens with zero attached hydrogens (tertiary/aromatic N) is 1. The van der Waals surface area contributed by atoms with Gasteiger partial charge >= 0.3 is 5.97 Å². The van der Waals surface area contributed by atoms with Crippen molar-refractivity contribution in [2.75, 3.05) is 13.2 Å². The number of esters is 1. The van der Waals surface area contributed by atoms with E-state index in [0.717, 1.165) is 0 Å². The van der Waals surface area contributed by atoms with Crippen LogP contribution in [0.4, 0.5) is 4.48 Å². The summed E-state index contributed by atoms with van der Waals surface area (Å²) in [6.45, 7) is 0.754. The Balaban J connectivity index is 2.81. The monoisotopic (exact) mass is 255 g/mol. The van der Waals surface area contributed by atoms with E-state index >= 15 is 0 Å². The highest BCUT2D eigenvalue weighted by molar-refractivity contribution is 5.96. The molecule has 0 saturated heterocycles. The lowest BCUT2D eigenvalue weighted by Crippen LogP contribution is -2.43. The van der Waals surface area contributed by atoms with Crippen LogP contribution in [0, 0.1) is 0 Å². The van der Waals surface area contributed by atoms with Crippen LogP contribution in [0.25, 0.3) is 0 Å². The summed E-state index contributed by atoms with van der Waals surface area (Å²) in [6.07, 6.45) is 0. The Morgan fingerprint density at radius 1 is 1.39 bits per heavy atom. The Hall–Kier alpha value is -1.95. The molecular formula is C12H14FNO4. The van der Waals surface area contributed by atoms with Crippen molar-refractivity contribution in [2.24, 2.45) is 0 Å². The van der Waals surface area contributed by atoms with E-state index < -0.39 is 24.5 Å². The summed E-state index contributed by atoms with van der Waals surface area (Å²) in [5.74, 6) is -1.98. The number of hydrogen-bond acceptors (Lipinski definition) is 4. The Labute approximate surface area is 104 Å². The fraction of sp³-hybridized carbons (Fsp3) is 0.333. The topological polar surface area (TPSA) is 66.8 Å². The molecule has 1 N–H and O–H groups in total. The van der Waals surface area contributed by atoms with Crippen LogP contribution < -0.4 is 0 Å². The van der Waals surface area contributed by atoms with E-state index in [1.165, 1.54) is 12.1 Å². The van der Waals surface area contributed by atoms with E-state index in [0.29, 0.717) is 0 Å². The third kappa shape index (κ3) is 3.27. The zero-order valence-electron chi connectivity index (χ0n) is 9.88. The lowest BCUT2D eigenvalue weighted by molar-refractivity contribution is -0.156. The highest BCUT2D eigenvalue weighted by Gasteiger charge is 2.31. The molecule has 0 saturated carbocycles. The SMILES string of the molecule is CCOC(=O)C(CO)N(F)C(=O)c1ccccc1. The number of aliphatic hydroxyl groups excluding tert-OH is 1. The minimum absolute atomic E-state index is 0.0443. The molecule has 1 aromatic carbocycles. The Kier molecular flexibility index (Phi) is 5.26. The molecule has 1 atom stereocenters. The summed E-state index contributed by atoms with van der Waals surface area (Å²) in [7, 11) is 0. The molecule has 0 aromatic heterocycles. The molecule has 0 bridgehead atoms. The number of carbonyl (C=O) groups is 2. The van der Waals surface area contributed by atoms with Gasteiger partial charge in [0.15, 0.2) is 6.04 Å². The van der Waals surface area contributed by atoms with Crippen molar-refractivity contribution >= 4 is 11.9 Å². The van der Waals surface area contributed by atoms with Gasteiger partial charge in [0.05, 0.1) is 13.2 Å². The third-order valence-electron chi connectivity index (χ3n) is 2.22. The molecule has 1 amide bonds. The molecule has 0 heterocycles. The molecule has 1 unspecified atom stereocenters. The van der Waals surface area contributed by atoms with Crippen molar-refractivity contribution in [3.05, 3.63) is 35.9 Å². The van der Waals surface area contributed by atoms with Gasteiger partial charge in [-0.2, -0.15) is 5.12 Å². The van der Waals surface area contributed by atoms with Crippen LogP contribution in [-0.2, 0) is 9.53 Å². The van der Waals surface area contributed by atoms with E-state index in [9.17, 15) is 14.1 Å². The lowest BCUT2D eigenvalue weighted by atomic mass is 10.2. The average molecular weight is 255 g/mol. The molecular weight excluding hydrogens is 241 g/mol. The molecule has 0 radical (unpaired) electrons. The minimum Gasteiger partial charge on any atom is -0.464 e. The predicted octanol–water partition coefficient (Wildman–Crippen LogP) is 0.937. The zero-order valence-corrected chi connectivity index (χ0v) is 9.88. The summed E-state index contributed by atoms with van der Waals surface area (Å²) in [5.41, 5.74) is 0.0859. The Morgan fingerprint density at radius 3 is 2.50 bits per heavy atom. The van der Waals surface area contributed by atoms with Gasteiger partial charge in [-0.25, -0.2) is 4.79 Å². The van der Waals surface area contributed by atoms with E-state index in [1.807, 2.05) is 0 Å². The minimum atomic E-state index is -1.64. The normalized spacial score (nSPS) is 11.7. The van der Waals surface area contributed by atoms with Gasteiger partial charge in [0.25, 0.3) is 5.91 Å². The molecule has 1 aromatic rings. The molecule has 5 nitrogen and oxygen atoms in total. The first-order valence-electron chi connectivity index (χ1n) is 5.43. The fourth-order valence-electron chi connectivity index (χ4n) is 1.32. The van der Waals surface area contributed by atoms with Crippen molar-refractivity contribution in [1.29, 1.82) is 0 Å². The first kappa shape index (κ1) is 14.1. The average Bonchev–Trinajstić information content (AvgIpc) is 2.40. The molecule has 0 spiro atoms. The smallest absolute Gasteiger partial charge is 0.334 e. The Bertz CT molecular complexity index is 410. The molecule has 98 valence electrons. The van der Waals surface area contributed by atoms with Crippen molar-refractivity contribution in [3.63, 3.8) is 0 Å². The number of amides is 1. The van der Waals surface area contributed by atoms with Gasteiger partial charge in [-0.15, -0.1) is 0 Å². The van der Waals surface area contributed by atoms with Gasteiger partial charge in [0.2, 0.25) is 0 Å². The summed E-state index contributed by atoms with van der Waals surface area (Å²) in [6, 6.07) is 5.99. The summed E-state index contributed by atoms with van der Waals surface area (Å²) in [5, 5.41) is 8.64. The number of ether oxygens (including phenoxy) is 1. The second-order valence-electron chi connectivity index (χ2n) is 3.43. The van der Waals surface area contributed by atoms with E-state index in [4.69, 9.17) is 5.11 Å². The number of halogens is 1. The molecule has 0 fully saturated rings. The quantitative estimate of drug-likeness (QED) is 0.628. The van der Waals surface area contributed by atoms with Crippen molar-refractivity contribution in [3.8, 4) is 0 Å². The van der Waals surface area contributed by atoms with Crippen LogP contribution in [0.15, 0.2) is 30.3 Å². The second kappa shape index (κ2) is 6.70. The molecule has 0 aliphatic carbocycles. The van der Waals surface area contributed by atoms with Gasteiger partial charge in [-0.1, -0.05) is 22.7 Å². The van der Waals surface area contributed by atoms with Crippen LogP contribution >= 0.6 is 0 Å². The number of aliphatic hydroxyl groups is 1. The van der Waals surface area contributed by atoms with Gasteiger partial charge in [0.1, 0.15) is 0 Å². The second-order valence-corrected chi connectivity index (χ2v) is 3.43. The standard InChI is InChI=1S/C12H14FNO4/c1-2-18-12(17)10(8-15)14(13)11(16)9-6-4-3-5-7-9/h3-7,10,15H,2,8H2,1H3. The molecule has 0 aliphatic heterocycles. The van der Waals surface area contributed by atoms with Gasteiger partial charge in [0, 0.05) is 5.56 Å². The third-order valence-corrected chi connectivity index (χ3v) is 2.22. The first-order chi connectivity index (χ1) is 8.61. The lowest BCUT2D eigenvalue weighted by Gasteiger charge is -2.19. The van der Waals surface area contributed by atoms with Gasteiger partial charge < -0.3 is 9.84 Å². The van der Waals surface area contributed by atoms with Crippen molar-refractivity contribution in [2.45, 2.75) is 13.0 Å². The summed E-state index contributed by atoms with van der Waals surface area (Å²) >= 11 is 0. The number of rotatable bonds is 5. The van der Waals surface area contributed by atoms with Gasteiger partial charge in [-0.05, 0) is 19.1 Å². The largest absolute Gasteiger partial charge is 0.464 e. The van der Waals surface area contributed by atoms with E-state index in [1.54, 1.807) is 25.1 Å². The first-order valence-corrected chi connectivity index (χ1v) is 5.43. The maximum absolute atomic E-state index is 13.7. The highest BCUT2D eigenvalue weighted by atomic mass is 19.2. The van der Waals surface area contributed by atoms with Crippen molar-refractivity contribution < 1.29 is 23.9 Å². The maximum Gasteiger partial charge on any atom is 0.334 e.